The summed E-state index contributed by atoms with van der Waals surface area (Å²) in [5.74, 6) is -2.16. The highest BCUT2D eigenvalue weighted by Crippen LogP contribution is 2.29. The lowest BCUT2D eigenvalue weighted by molar-refractivity contribution is -0.122. The molecule has 2 rings (SSSR count). The summed E-state index contributed by atoms with van der Waals surface area (Å²) in [7, 11) is 0. The van der Waals surface area contributed by atoms with Gasteiger partial charge in [-0.15, -0.1) is 0 Å². The van der Waals surface area contributed by atoms with Crippen molar-refractivity contribution in [3.05, 3.63) is 71.8 Å². The van der Waals surface area contributed by atoms with Crippen molar-refractivity contribution < 1.29 is 17.7 Å². The fourth-order valence-electron chi connectivity index (χ4n) is 2.58. The summed E-state index contributed by atoms with van der Waals surface area (Å²) < 4.78 is 39.9. The summed E-state index contributed by atoms with van der Waals surface area (Å²) in [5, 5.41) is 2.36. The van der Waals surface area contributed by atoms with Crippen LogP contribution in [0, 0.1) is 0 Å². The summed E-state index contributed by atoms with van der Waals surface area (Å²) in [5.41, 5.74) is 7.27. The van der Waals surface area contributed by atoms with Crippen LogP contribution in [-0.2, 0) is 17.6 Å². The van der Waals surface area contributed by atoms with Gasteiger partial charge in [-0.1, -0.05) is 72.0 Å². The van der Waals surface area contributed by atoms with Crippen LogP contribution in [0.3, 0.4) is 0 Å². The Bertz CT molecular complexity index is 665. The molecule has 1 amide bonds. The Labute approximate surface area is 145 Å². The van der Waals surface area contributed by atoms with Gasteiger partial charge < -0.3 is 24.0 Å². The smallest absolute Gasteiger partial charge is 0.449 e. The molecule has 3 N–H and O–H groups in total. The molecule has 0 bridgehead atoms. The van der Waals surface area contributed by atoms with Crippen molar-refractivity contribution in [3.63, 3.8) is 0 Å². The molecule has 0 unspecified atom stereocenters. The molecule has 0 saturated carbocycles. The molecule has 0 aliphatic heterocycles. The molecule has 2 atom stereocenters. The van der Waals surface area contributed by atoms with E-state index < -0.39 is 31.3 Å². The van der Waals surface area contributed by atoms with E-state index in [1.807, 2.05) is 30.3 Å². The van der Waals surface area contributed by atoms with Gasteiger partial charge in [0.1, 0.15) is 0 Å². The molecule has 7 heteroatoms. The van der Waals surface area contributed by atoms with Crippen molar-refractivity contribution in [2.75, 3.05) is 6.54 Å². The first-order valence-electron chi connectivity index (χ1n) is 8.17. The maximum Gasteiger partial charge on any atom is 0.483 e. The van der Waals surface area contributed by atoms with Crippen LogP contribution in [0.4, 0.5) is 12.9 Å². The second-order valence-corrected chi connectivity index (χ2v) is 6.12. The van der Waals surface area contributed by atoms with E-state index in [1.54, 1.807) is 30.3 Å². The van der Waals surface area contributed by atoms with Crippen LogP contribution >= 0.6 is 0 Å². The van der Waals surface area contributed by atoms with Crippen molar-refractivity contribution in [1.29, 1.82) is 0 Å². The number of hydrogen-bond acceptors (Lipinski definition) is 2. The lowest BCUT2D eigenvalue weighted by Crippen LogP contribution is -2.45. The number of halogens is 3. The average molecular weight is 349 g/mol. The Morgan fingerprint density at radius 1 is 0.920 bits per heavy atom. The fourth-order valence-corrected chi connectivity index (χ4v) is 2.58. The monoisotopic (exact) mass is 349 g/mol. The Kier molecular flexibility index (Phi) is 6.64. The first kappa shape index (κ1) is 19.1. The lowest BCUT2D eigenvalue weighted by atomic mass is 9.69. The van der Waals surface area contributed by atoms with E-state index in [-0.39, 0.29) is 12.8 Å². The van der Waals surface area contributed by atoms with Gasteiger partial charge in [0.2, 0.25) is 5.91 Å². The van der Waals surface area contributed by atoms with E-state index in [1.165, 1.54) is 0 Å². The van der Waals surface area contributed by atoms with Crippen LogP contribution < -0.4 is 11.1 Å². The van der Waals surface area contributed by atoms with Gasteiger partial charge in [-0.3, -0.25) is 4.79 Å². The Morgan fingerprint density at radius 2 is 1.40 bits per heavy atom. The summed E-state index contributed by atoms with van der Waals surface area (Å²) in [6, 6.07) is 16.7. The van der Waals surface area contributed by atoms with Crippen molar-refractivity contribution in [3.8, 4) is 0 Å². The molecule has 0 aromatic heterocycles. The maximum absolute atomic E-state index is 13.3. The molecule has 2 aromatic rings. The standard InChI is InChI=1S/C18H21BF3N2O/c20-19(21,22)16(11-14-7-3-1-4-8-14)13-24-18(25)17(23)12-15-9-5-2-6-10-15/h1-10,16-17H,11-13,23H2,(H,24,25)/q-1/t16-,17+/m1/s1. The molecule has 0 spiro atoms. The largest absolute Gasteiger partial charge is 0.483 e. The highest BCUT2D eigenvalue weighted by atomic mass is 19.4. The van der Waals surface area contributed by atoms with E-state index in [9.17, 15) is 17.7 Å². The third-order valence-corrected chi connectivity index (χ3v) is 4.05. The molecular weight excluding hydrogens is 328 g/mol. The number of rotatable bonds is 8. The van der Waals surface area contributed by atoms with Crippen LogP contribution in [-0.4, -0.2) is 25.5 Å². The number of carbonyl (C=O) groups is 1. The third-order valence-electron chi connectivity index (χ3n) is 4.05. The molecule has 0 aliphatic rings. The summed E-state index contributed by atoms with van der Waals surface area (Å²) >= 11 is 0. The molecular formula is C18H21BF3N2O-. The molecule has 2 aromatic carbocycles. The molecule has 0 radical (unpaired) electrons. The number of benzene rings is 2. The molecule has 25 heavy (non-hydrogen) atoms. The van der Waals surface area contributed by atoms with Crippen molar-refractivity contribution in [2.24, 2.45) is 5.73 Å². The first-order valence-corrected chi connectivity index (χ1v) is 8.17. The minimum Gasteiger partial charge on any atom is -0.449 e. The van der Waals surface area contributed by atoms with Crippen LogP contribution in [0.5, 0.6) is 0 Å². The summed E-state index contributed by atoms with van der Waals surface area (Å²) in [6.45, 7) is -5.53. The molecule has 3 nitrogen and oxygen atoms in total. The number of nitrogens with one attached hydrogen (secondary N) is 1. The third kappa shape index (κ3) is 6.27. The van der Waals surface area contributed by atoms with Crippen LogP contribution in [0.25, 0.3) is 0 Å². The normalized spacial score (nSPS) is 13.9. The molecule has 0 fully saturated rings. The van der Waals surface area contributed by atoms with E-state index in [0.29, 0.717) is 5.56 Å². The van der Waals surface area contributed by atoms with Gasteiger partial charge in [-0.25, -0.2) is 0 Å². The Morgan fingerprint density at radius 3 is 1.88 bits per heavy atom. The zero-order chi connectivity index (χ0) is 18.3. The van der Waals surface area contributed by atoms with Gasteiger partial charge in [0, 0.05) is 0 Å². The molecule has 0 heterocycles. The average Bonchev–Trinajstić information content (AvgIpc) is 2.59. The minimum atomic E-state index is -5.07. The van der Waals surface area contributed by atoms with E-state index >= 15 is 0 Å². The maximum atomic E-state index is 13.3. The Hall–Kier alpha value is -2.28. The minimum absolute atomic E-state index is 0.154. The first-order chi connectivity index (χ1) is 11.9. The van der Waals surface area contributed by atoms with E-state index in [4.69, 9.17) is 5.73 Å². The zero-order valence-corrected chi connectivity index (χ0v) is 13.7. The summed E-state index contributed by atoms with van der Waals surface area (Å²) in [6.07, 6.45) is 0.131. The fraction of sp³-hybridized carbons (Fsp3) is 0.278. The highest BCUT2D eigenvalue weighted by Gasteiger charge is 2.35. The van der Waals surface area contributed by atoms with Gasteiger partial charge in [-0.05, 0) is 24.9 Å². The molecule has 0 saturated heterocycles. The predicted octanol–water partition coefficient (Wildman–Crippen LogP) is 3.13. The van der Waals surface area contributed by atoms with E-state index in [2.05, 4.69) is 5.32 Å². The van der Waals surface area contributed by atoms with Crippen LogP contribution in [0.15, 0.2) is 60.7 Å². The van der Waals surface area contributed by atoms with Crippen LogP contribution in [0.2, 0.25) is 5.82 Å². The van der Waals surface area contributed by atoms with Gasteiger partial charge in [0.05, 0.1) is 6.04 Å². The molecule has 134 valence electrons. The number of amides is 1. The Balaban J connectivity index is 1.92. The number of hydrogen-bond donors (Lipinski definition) is 2. The lowest BCUT2D eigenvalue weighted by Gasteiger charge is -2.27. The number of carbonyl (C=O) groups excluding carboxylic acids is 1. The van der Waals surface area contributed by atoms with Crippen molar-refractivity contribution >= 4 is 12.9 Å². The second-order valence-electron chi connectivity index (χ2n) is 6.12. The van der Waals surface area contributed by atoms with Crippen molar-refractivity contribution in [2.45, 2.75) is 24.7 Å². The van der Waals surface area contributed by atoms with E-state index in [0.717, 1.165) is 5.56 Å². The van der Waals surface area contributed by atoms with Gasteiger partial charge in [0.15, 0.2) is 0 Å². The quantitative estimate of drug-likeness (QED) is 0.720. The van der Waals surface area contributed by atoms with Crippen LogP contribution in [0.1, 0.15) is 11.1 Å². The second kappa shape index (κ2) is 8.71. The SMILES string of the molecule is N[C@@H](Cc1ccccc1)C(=O)NC[C@@H](Cc1ccccc1)[B-](F)(F)F. The zero-order valence-electron chi connectivity index (χ0n) is 13.7. The van der Waals surface area contributed by atoms with Gasteiger partial charge in [-0.2, -0.15) is 0 Å². The predicted molar refractivity (Wildman–Crippen MR) is 94.1 cm³/mol. The van der Waals surface area contributed by atoms with Gasteiger partial charge >= 0.3 is 6.98 Å². The number of nitrogens with two attached hydrogens (primary N) is 1. The molecule has 0 aliphatic carbocycles. The van der Waals surface area contributed by atoms with Gasteiger partial charge in [0.25, 0.3) is 0 Å². The topological polar surface area (TPSA) is 55.1 Å². The highest BCUT2D eigenvalue weighted by molar-refractivity contribution is 6.60. The summed E-state index contributed by atoms with van der Waals surface area (Å²) in [4.78, 5) is 12.0. The van der Waals surface area contributed by atoms with Crippen molar-refractivity contribution in [1.82, 2.24) is 5.32 Å².